The van der Waals surface area contributed by atoms with Gasteiger partial charge in [0.05, 0.1) is 35.4 Å². The van der Waals surface area contributed by atoms with Gasteiger partial charge in [-0.3, -0.25) is 9.78 Å². The predicted octanol–water partition coefficient (Wildman–Crippen LogP) is 4.21. The monoisotopic (exact) mass is 515 g/mol. The number of alkyl halides is 5. The molecule has 2 aliphatic heterocycles. The highest BCUT2D eigenvalue weighted by Crippen LogP contribution is 2.40. The molecule has 0 aliphatic carbocycles. The summed E-state index contributed by atoms with van der Waals surface area (Å²) in [6, 6.07) is 4.39. The van der Waals surface area contributed by atoms with Crippen molar-refractivity contribution in [3.8, 4) is 17.3 Å². The Morgan fingerprint density at radius 1 is 1.20 bits per heavy atom. The quantitative estimate of drug-likeness (QED) is 0.484. The SMILES string of the molecule is O=C(c1cccc(C(F)(F)F)c1Cl)N1C2COCC1c1nnc(-c3cc(OC(F)F)ccn3)n1C2. The lowest BCUT2D eigenvalue weighted by Crippen LogP contribution is -2.56. The van der Waals surface area contributed by atoms with Gasteiger partial charge in [0, 0.05) is 18.8 Å². The number of aromatic nitrogens is 4. The van der Waals surface area contributed by atoms with E-state index in [1.165, 1.54) is 29.3 Å². The van der Waals surface area contributed by atoms with E-state index in [0.29, 0.717) is 5.82 Å². The molecule has 8 nitrogen and oxygen atoms in total. The van der Waals surface area contributed by atoms with Crippen molar-refractivity contribution < 1.29 is 36.2 Å². The number of nitrogens with zero attached hydrogens (tertiary/aromatic N) is 5. The number of ether oxygens (including phenoxy) is 2. The summed E-state index contributed by atoms with van der Waals surface area (Å²) in [5.74, 6) is -0.228. The number of hydrogen-bond donors (Lipinski definition) is 0. The van der Waals surface area contributed by atoms with Crippen LogP contribution in [0.15, 0.2) is 36.5 Å². The summed E-state index contributed by atoms with van der Waals surface area (Å²) in [5.41, 5.74) is -1.17. The third-order valence-corrected chi connectivity index (χ3v) is 6.15. The fourth-order valence-corrected chi connectivity index (χ4v) is 4.60. The average molecular weight is 516 g/mol. The molecule has 0 saturated carbocycles. The minimum Gasteiger partial charge on any atom is -0.435 e. The maximum Gasteiger partial charge on any atom is 0.417 e. The maximum atomic E-state index is 13.4. The Morgan fingerprint density at radius 3 is 2.74 bits per heavy atom. The van der Waals surface area contributed by atoms with Gasteiger partial charge < -0.3 is 18.9 Å². The van der Waals surface area contributed by atoms with Crippen LogP contribution >= 0.6 is 11.6 Å². The zero-order valence-electron chi connectivity index (χ0n) is 17.5. The minimum atomic E-state index is -4.72. The number of benzene rings is 1. The molecule has 3 aromatic rings. The largest absolute Gasteiger partial charge is 0.435 e. The fraction of sp³-hybridized carbons (Fsp3) is 0.333. The molecule has 5 rings (SSSR count). The van der Waals surface area contributed by atoms with E-state index in [-0.39, 0.29) is 42.6 Å². The first-order chi connectivity index (χ1) is 16.6. The van der Waals surface area contributed by atoms with Crippen molar-refractivity contribution in [3.05, 3.63) is 58.5 Å². The Balaban J connectivity index is 1.51. The molecule has 14 heteroatoms. The van der Waals surface area contributed by atoms with Gasteiger partial charge in [-0.05, 0) is 18.2 Å². The van der Waals surface area contributed by atoms with Crippen molar-refractivity contribution in [1.82, 2.24) is 24.6 Å². The van der Waals surface area contributed by atoms with Gasteiger partial charge in [-0.25, -0.2) is 0 Å². The number of fused-ring (bicyclic) bond motifs is 4. The fourth-order valence-electron chi connectivity index (χ4n) is 4.28. The van der Waals surface area contributed by atoms with E-state index in [1.54, 1.807) is 4.57 Å². The molecule has 1 fully saturated rings. The number of carbonyl (C=O) groups is 1. The summed E-state index contributed by atoms with van der Waals surface area (Å²) in [7, 11) is 0. The van der Waals surface area contributed by atoms with Crippen molar-refractivity contribution in [2.24, 2.45) is 0 Å². The van der Waals surface area contributed by atoms with Crippen LogP contribution in [0.25, 0.3) is 11.5 Å². The smallest absolute Gasteiger partial charge is 0.417 e. The first-order valence-corrected chi connectivity index (χ1v) is 10.6. The second kappa shape index (κ2) is 8.72. The molecule has 1 amide bonds. The van der Waals surface area contributed by atoms with E-state index in [2.05, 4.69) is 19.9 Å². The summed E-state index contributed by atoms with van der Waals surface area (Å²) in [6.07, 6.45) is -3.44. The van der Waals surface area contributed by atoms with Crippen molar-refractivity contribution in [2.45, 2.75) is 31.4 Å². The first kappa shape index (κ1) is 23.4. The molecule has 184 valence electrons. The van der Waals surface area contributed by atoms with Crippen molar-refractivity contribution >= 4 is 17.5 Å². The highest BCUT2D eigenvalue weighted by molar-refractivity contribution is 6.34. The molecule has 1 aromatic carbocycles. The van der Waals surface area contributed by atoms with Gasteiger partial charge in [0.25, 0.3) is 5.91 Å². The summed E-state index contributed by atoms with van der Waals surface area (Å²) >= 11 is 5.99. The molecule has 2 aromatic heterocycles. The minimum absolute atomic E-state index is 0.0267. The Kier molecular flexibility index (Phi) is 5.83. The van der Waals surface area contributed by atoms with Crippen molar-refractivity contribution in [3.63, 3.8) is 0 Å². The third kappa shape index (κ3) is 4.18. The van der Waals surface area contributed by atoms with Crippen LogP contribution in [0.5, 0.6) is 5.75 Å². The summed E-state index contributed by atoms with van der Waals surface area (Å²) in [6.45, 7) is -2.74. The molecule has 2 atom stereocenters. The molecule has 2 unspecified atom stereocenters. The molecule has 2 bridgehead atoms. The van der Waals surface area contributed by atoms with E-state index in [0.717, 1.165) is 12.1 Å². The zero-order valence-corrected chi connectivity index (χ0v) is 18.3. The lowest BCUT2D eigenvalue weighted by molar-refractivity contribution is -0.137. The van der Waals surface area contributed by atoms with E-state index in [1.807, 2.05) is 0 Å². The number of halogens is 6. The van der Waals surface area contributed by atoms with E-state index < -0.39 is 41.4 Å². The van der Waals surface area contributed by atoms with Crippen LogP contribution in [-0.4, -0.2) is 56.4 Å². The normalized spacial score (nSPS) is 19.6. The van der Waals surface area contributed by atoms with Crippen molar-refractivity contribution in [1.29, 1.82) is 0 Å². The Labute approximate surface area is 199 Å². The van der Waals surface area contributed by atoms with Crippen molar-refractivity contribution in [2.75, 3.05) is 13.2 Å². The zero-order chi connectivity index (χ0) is 24.9. The van der Waals surface area contributed by atoms with E-state index >= 15 is 0 Å². The van der Waals surface area contributed by atoms with Crippen LogP contribution in [-0.2, 0) is 17.5 Å². The lowest BCUT2D eigenvalue weighted by Gasteiger charge is -2.45. The predicted molar refractivity (Wildman–Crippen MR) is 110 cm³/mol. The topological polar surface area (TPSA) is 82.4 Å². The maximum absolute atomic E-state index is 13.4. The van der Waals surface area contributed by atoms with E-state index in [4.69, 9.17) is 16.3 Å². The first-order valence-electron chi connectivity index (χ1n) is 10.3. The Bertz CT molecular complexity index is 1280. The summed E-state index contributed by atoms with van der Waals surface area (Å²) in [5, 5.41) is 7.58. The van der Waals surface area contributed by atoms with Crippen LogP contribution in [0.2, 0.25) is 5.02 Å². The Hall–Kier alpha value is -3.32. The number of amides is 1. The third-order valence-electron chi connectivity index (χ3n) is 5.74. The number of morpholine rings is 1. The Morgan fingerprint density at radius 2 is 2.00 bits per heavy atom. The summed E-state index contributed by atoms with van der Waals surface area (Å²) < 4.78 is 76.8. The molecule has 35 heavy (non-hydrogen) atoms. The second-order valence-corrected chi connectivity index (χ2v) is 8.21. The highest BCUT2D eigenvalue weighted by atomic mass is 35.5. The van der Waals surface area contributed by atoms with Crippen LogP contribution in [0.4, 0.5) is 22.0 Å². The molecule has 0 spiro atoms. The van der Waals surface area contributed by atoms with Crippen LogP contribution in [0.3, 0.4) is 0 Å². The molecule has 0 radical (unpaired) electrons. The second-order valence-electron chi connectivity index (χ2n) is 7.83. The number of rotatable bonds is 4. The molecular weight excluding hydrogens is 501 g/mol. The standard InChI is InChI=1S/C21H15ClF5N5O3/c22-16-12(2-1-3-13(16)21(25,26)27)19(33)32-10-7-31-17(29-30-18(31)15(32)9-34-8-10)14-6-11(4-5-28-14)35-20(23)24/h1-6,10,15,20H,7-9H2. The van der Waals surface area contributed by atoms with Gasteiger partial charge >= 0.3 is 12.8 Å². The molecular formula is C21H15ClF5N5O3. The van der Waals surface area contributed by atoms with Gasteiger partial charge in [-0.1, -0.05) is 17.7 Å². The molecule has 2 aliphatic rings. The lowest BCUT2D eigenvalue weighted by atomic mass is 10.0. The number of pyridine rings is 1. The molecule has 0 N–H and O–H groups in total. The number of carbonyl (C=O) groups excluding carboxylic acids is 1. The van der Waals surface area contributed by atoms with Gasteiger partial charge in [-0.2, -0.15) is 22.0 Å². The number of hydrogen-bond acceptors (Lipinski definition) is 6. The van der Waals surface area contributed by atoms with Gasteiger partial charge in [0.15, 0.2) is 11.6 Å². The highest BCUT2D eigenvalue weighted by Gasteiger charge is 2.45. The van der Waals surface area contributed by atoms with Crippen LogP contribution in [0, 0.1) is 0 Å². The molecule has 1 saturated heterocycles. The van der Waals surface area contributed by atoms with Crippen LogP contribution < -0.4 is 4.74 Å². The summed E-state index contributed by atoms with van der Waals surface area (Å²) in [4.78, 5) is 19.0. The van der Waals surface area contributed by atoms with Crippen LogP contribution in [0.1, 0.15) is 27.8 Å². The average Bonchev–Trinajstić information content (AvgIpc) is 3.21. The molecule has 4 heterocycles. The van der Waals surface area contributed by atoms with Gasteiger partial charge in [0.1, 0.15) is 17.5 Å². The van der Waals surface area contributed by atoms with E-state index in [9.17, 15) is 26.7 Å². The van der Waals surface area contributed by atoms with Gasteiger partial charge in [0.2, 0.25) is 0 Å². The van der Waals surface area contributed by atoms with Gasteiger partial charge in [-0.15, -0.1) is 10.2 Å².